The molecule has 9 heteroatoms. The highest BCUT2D eigenvalue weighted by molar-refractivity contribution is 7.88. The van der Waals surface area contributed by atoms with Crippen molar-refractivity contribution in [1.29, 1.82) is 0 Å². The third kappa shape index (κ3) is 7.31. The van der Waals surface area contributed by atoms with Gasteiger partial charge >= 0.3 is 0 Å². The van der Waals surface area contributed by atoms with E-state index in [-0.39, 0.29) is 42.2 Å². The Morgan fingerprint density at radius 1 is 0.970 bits per heavy atom. The second-order valence-corrected chi connectivity index (χ2v) is 11.9. The molecule has 3 saturated heterocycles. The largest absolute Gasteiger partial charge is 0.337 e. The fourth-order valence-electron chi connectivity index (χ4n) is 5.96. The zero-order valence-electron chi connectivity index (χ0n) is 20.5. The molecule has 0 N–H and O–H groups in total. The Hall–Kier alpha value is -0.860. The summed E-state index contributed by atoms with van der Waals surface area (Å²) in [4.78, 5) is 30.2. The highest BCUT2D eigenvalue weighted by atomic mass is 35.5. The van der Waals surface area contributed by atoms with Gasteiger partial charge in [0, 0.05) is 13.0 Å². The van der Waals surface area contributed by atoms with Crippen LogP contribution in [0.5, 0.6) is 0 Å². The number of unbranched alkanes of at least 4 members (excludes halogenated alkanes) is 6. The van der Waals surface area contributed by atoms with E-state index >= 15 is 0 Å². The SMILES string of the molecule is CCC[C@H]1C(=O)N(S(C)(=O)=O)[C@H]2CCN(C(=O)CCCCCCCCCN3CCCC3)[C@H]12.Cl. The Labute approximate surface area is 207 Å². The zero-order chi connectivity index (χ0) is 23.1. The smallest absolute Gasteiger partial charge is 0.241 e. The summed E-state index contributed by atoms with van der Waals surface area (Å²) in [6, 6.07) is -0.654. The lowest BCUT2D eigenvalue weighted by Crippen LogP contribution is -2.43. The van der Waals surface area contributed by atoms with Gasteiger partial charge in [-0.3, -0.25) is 9.59 Å². The van der Waals surface area contributed by atoms with E-state index in [1.807, 2.05) is 11.8 Å². The summed E-state index contributed by atoms with van der Waals surface area (Å²) in [6.45, 7) is 6.38. The highest BCUT2D eigenvalue weighted by Crippen LogP contribution is 2.40. The highest BCUT2D eigenvalue weighted by Gasteiger charge is 2.56. The van der Waals surface area contributed by atoms with Crippen LogP contribution in [0.2, 0.25) is 0 Å². The Morgan fingerprint density at radius 3 is 2.18 bits per heavy atom. The Morgan fingerprint density at radius 2 is 1.58 bits per heavy atom. The molecule has 3 fully saturated rings. The summed E-state index contributed by atoms with van der Waals surface area (Å²) in [7, 11) is -3.60. The van der Waals surface area contributed by atoms with Gasteiger partial charge in [-0.2, -0.15) is 0 Å². The average Bonchev–Trinajstić information content (AvgIpc) is 3.44. The van der Waals surface area contributed by atoms with Crippen molar-refractivity contribution in [2.24, 2.45) is 5.92 Å². The van der Waals surface area contributed by atoms with Gasteiger partial charge in [0.1, 0.15) is 0 Å². The van der Waals surface area contributed by atoms with Crippen molar-refractivity contribution < 1.29 is 18.0 Å². The van der Waals surface area contributed by atoms with E-state index in [4.69, 9.17) is 0 Å². The third-order valence-corrected chi connectivity index (χ3v) is 8.67. The van der Waals surface area contributed by atoms with Crippen LogP contribution in [0, 0.1) is 5.92 Å². The van der Waals surface area contributed by atoms with E-state index in [9.17, 15) is 18.0 Å². The van der Waals surface area contributed by atoms with Crippen molar-refractivity contribution in [2.45, 2.75) is 102 Å². The normalized spacial score (nSPS) is 25.5. The first-order chi connectivity index (χ1) is 15.3. The first-order valence-corrected chi connectivity index (χ1v) is 14.7. The summed E-state index contributed by atoms with van der Waals surface area (Å²) >= 11 is 0. The first kappa shape index (κ1) is 28.4. The molecule has 3 heterocycles. The second-order valence-electron chi connectivity index (χ2n) is 10.00. The quantitative estimate of drug-likeness (QED) is 0.356. The number of hydrogen-bond acceptors (Lipinski definition) is 5. The van der Waals surface area contributed by atoms with Crippen LogP contribution in [0.15, 0.2) is 0 Å². The fourth-order valence-corrected chi connectivity index (χ4v) is 7.15. The molecule has 0 bridgehead atoms. The molecule has 7 nitrogen and oxygen atoms in total. The van der Waals surface area contributed by atoms with Gasteiger partial charge in [-0.25, -0.2) is 12.7 Å². The first-order valence-electron chi connectivity index (χ1n) is 12.9. The minimum atomic E-state index is -3.60. The van der Waals surface area contributed by atoms with E-state index in [1.165, 1.54) is 64.6 Å². The van der Waals surface area contributed by atoms with Gasteiger partial charge in [-0.15, -0.1) is 12.4 Å². The molecule has 0 aromatic rings. The zero-order valence-corrected chi connectivity index (χ0v) is 22.2. The van der Waals surface area contributed by atoms with E-state index in [1.54, 1.807) is 0 Å². The van der Waals surface area contributed by atoms with Crippen LogP contribution in [0.3, 0.4) is 0 Å². The van der Waals surface area contributed by atoms with Crippen molar-refractivity contribution in [2.75, 3.05) is 32.4 Å². The number of halogens is 1. The number of carbonyl (C=O) groups excluding carboxylic acids is 2. The molecular formula is C24H44ClN3O4S. The maximum Gasteiger partial charge on any atom is 0.241 e. The lowest BCUT2D eigenvalue weighted by molar-refractivity contribution is -0.134. The maximum absolute atomic E-state index is 12.9. The molecule has 0 aromatic carbocycles. The molecule has 33 heavy (non-hydrogen) atoms. The molecule has 2 amide bonds. The molecule has 0 unspecified atom stereocenters. The number of hydrogen-bond donors (Lipinski definition) is 0. The number of nitrogens with zero attached hydrogens (tertiary/aromatic N) is 3. The molecule has 3 rings (SSSR count). The maximum atomic E-state index is 12.9. The number of amides is 2. The Bertz CT molecular complexity index is 742. The van der Waals surface area contributed by atoms with Crippen LogP contribution in [-0.2, 0) is 19.6 Å². The fraction of sp³-hybridized carbons (Fsp3) is 0.917. The van der Waals surface area contributed by atoms with Gasteiger partial charge < -0.3 is 9.80 Å². The molecule has 0 aromatic heterocycles. The number of fused-ring (bicyclic) bond motifs is 1. The standard InChI is InChI=1S/C24H43N3O4S.ClH/c1-3-13-20-23-21(27(24(20)29)32(2,30)31)15-19-26(23)22(28)14-9-7-5-4-6-8-10-16-25-17-11-12-18-25;/h20-21,23H,3-19H2,1-2H3;1H/t20-,21+,23-;/m1./s1. The van der Waals surface area contributed by atoms with E-state index in [0.717, 1.165) is 29.8 Å². The van der Waals surface area contributed by atoms with Crippen molar-refractivity contribution in [3.63, 3.8) is 0 Å². The Balaban J connectivity index is 0.00000385. The molecule has 3 atom stereocenters. The van der Waals surface area contributed by atoms with E-state index < -0.39 is 10.0 Å². The van der Waals surface area contributed by atoms with Gasteiger partial charge in [0.2, 0.25) is 21.8 Å². The summed E-state index contributed by atoms with van der Waals surface area (Å²) in [6.07, 6.45) is 14.6. The van der Waals surface area contributed by atoms with Crippen LogP contribution in [-0.4, -0.2) is 78.9 Å². The molecule has 0 aliphatic carbocycles. The van der Waals surface area contributed by atoms with Crippen molar-refractivity contribution in [3.8, 4) is 0 Å². The second kappa shape index (κ2) is 13.3. The van der Waals surface area contributed by atoms with Crippen LogP contribution in [0.4, 0.5) is 0 Å². The average molecular weight is 506 g/mol. The Kier molecular flexibility index (Phi) is 11.4. The lowest BCUT2D eigenvalue weighted by Gasteiger charge is -2.27. The van der Waals surface area contributed by atoms with Crippen molar-refractivity contribution in [3.05, 3.63) is 0 Å². The van der Waals surface area contributed by atoms with Crippen molar-refractivity contribution in [1.82, 2.24) is 14.1 Å². The summed E-state index contributed by atoms with van der Waals surface area (Å²) in [5.74, 6) is -0.606. The van der Waals surface area contributed by atoms with Crippen LogP contribution in [0.25, 0.3) is 0 Å². The molecule has 3 aliphatic heterocycles. The third-order valence-electron chi connectivity index (χ3n) is 7.51. The van der Waals surface area contributed by atoms with Gasteiger partial charge in [-0.05, 0) is 58.2 Å². The molecule has 0 radical (unpaired) electrons. The van der Waals surface area contributed by atoms with Gasteiger partial charge in [0.05, 0.1) is 24.3 Å². The predicted molar refractivity (Wildman–Crippen MR) is 134 cm³/mol. The molecule has 3 aliphatic rings. The minimum Gasteiger partial charge on any atom is -0.337 e. The monoisotopic (exact) mass is 505 g/mol. The minimum absolute atomic E-state index is 0. The molecule has 0 saturated carbocycles. The number of sulfonamides is 1. The van der Waals surface area contributed by atoms with Gasteiger partial charge in [-0.1, -0.05) is 45.4 Å². The summed E-state index contributed by atoms with van der Waals surface area (Å²) in [5, 5.41) is 0. The molecule has 192 valence electrons. The lowest BCUT2D eigenvalue weighted by atomic mass is 9.94. The van der Waals surface area contributed by atoms with Crippen molar-refractivity contribution >= 4 is 34.2 Å². The topological polar surface area (TPSA) is 78.0 Å². The van der Waals surface area contributed by atoms with Crippen LogP contribution in [0.1, 0.15) is 90.4 Å². The van der Waals surface area contributed by atoms with E-state index in [0.29, 0.717) is 25.8 Å². The number of likely N-dealkylation sites (tertiary alicyclic amines) is 2. The van der Waals surface area contributed by atoms with Gasteiger partial charge in [0.25, 0.3) is 0 Å². The number of rotatable bonds is 13. The van der Waals surface area contributed by atoms with Crippen LogP contribution < -0.4 is 0 Å². The summed E-state index contributed by atoms with van der Waals surface area (Å²) < 4.78 is 25.5. The molecule has 0 spiro atoms. The molecular weight excluding hydrogens is 462 g/mol. The predicted octanol–water partition coefficient (Wildman–Crippen LogP) is 3.81. The van der Waals surface area contributed by atoms with E-state index in [2.05, 4.69) is 4.90 Å². The van der Waals surface area contributed by atoms with Gasteiger partial charge in [0.15, 0.2) is 0 Å². The number of carbonyl (C=O) groups is 2. The van der Waals surface area contributed by atoms with Crippen LogP contribution >= 0.6 is 12.4 Å². The summed E-state index contributed by atoms with van der Waals surface area (Å²) in [5.41, 5.74) is 0.